The Balaban J connectivity index is 2.49. The van der Waals surface area contributed by atoms with Gasteiger partial charge in [0.1, 0.15) is 11.6 Å². The van der Waals surface area contributed by atoms with Crippen molar-refractivity contribution in [3.8, 4) is 17.2 Å². The Morgan fingerprint density at radius 1 is 1.19 bits per heavy atom. The van der Waals surface area contributed by atoms with Gasteiger partial charge < -0.3 is 9.88 Å². The zero-order chi connectivity index (χ0) is 15.4. The van der Waals surface area contributed by atoms with Gasteiger partial charge in [0.2, 0.25) is 0 Å². The second-order valence-corrected chi connectivity index (χ2v) is 4.90. The normalized spacial score (nSPS) is 10.2. The third-order valence-electron chi connectivity index (χ3n) is 3.59. The van der Waals surface area contributed by atoms with Crippen LogP contribution >= 0.6 is 0 Å². The smallest absolute Gasteiger partial charge is 0.266 e. The molecule has 1 aromatic carbocycles. The van der Waals surface area contributed by atoms with Crippen LogP contribution in [0.5, 0.6) is 0 Å². The van der Waals surface area contributed by atoms with E-state index < -0.39 is 0 Å². The van der Waals surface area contributed by atoms with Crippen molar-refractivity contribution in [1.29, 1.82) is 5.26 Å². The predicted octanol–water partition coefficient (Wildman–Crippen LogP) is 3.07. The second-order valence-electron chi connectivity index (χ2n) is 4.90. The fraction of sp³-hybridized carbons (Fsp3) is 0.294. The van der Waals surface area contributed by atoms with Gasteiger partial charge in [0.25, 0.3) is 5.56 Å². The maximum absolute atomic E-state index is 11.8. The van der Waals surface area contributed by atoms with Crippen LogP contribution in [-0.4, -0.2) is 18.1 Å². The highest BCUT2D eigenvalue weighted by Gasteiger charge is 2.10. The molecule has 0 radical (unpaired) electrons. The van der Waals surface area contributed by atoms with Crippen molar-refractivity contribution in [1.82, 2.24) is 4.98 Å². The number of aromatic nitrogens is 1. The van der Waals surface area contributed by atoms with E-state index in [-0.39, 0.29) is 11.1 Å². The van der Waals surface area contributed by atoms with Crippen LogP contribution in [0, 0.1) is 18.3 Å². The first-order chi connectivity index (χ1) is 10.1. The zero-order valence-corrected chi connectivity index (χ0v) is 12.6. The Kier molecular flexibility index (Phi) is 4.44. The van der Waals surface area contributed by atoms with Gasteiger partial charge in [0.05, 0.1) is 0 Å². The number of rotatable bonds is 4. The summed E-state index contributed by atoms with van der Waals surface area (Å²) >= 11 is 0. The summed E-state index contributed by atoms with van der Waals surface area (Å²) in [6.45, 7) is 7.94. The van der Waals surface area contributed by atoms with Crippen LogP contribution in [0.15, 0.2) is 35.1 Å². The predicted molar refractivity (Wildman–Crippen MR) is 85.5 cm³/mol. The number of nitriles is 1. The van der Waals surface area contributed by atoms with Gasteiger partial charge in [-0.25, -0.2) is 0 Å². The summed E-state index contributed by atoms with van der Waals surface area (Å²) in [5.41, 5.74) is 3.30. The third-order valence-corrected chi connectivity index (χ3v) is 3.59. The Hall–Kier alpha value is -2.54. The molecule has 0 aliphatic heterocycles. The number of nitrogens with zero attached hydrogens (tertiary/aromatic N) is 2. The number of aromatic amines is 1. The highest BCUT2D eigenvalue weighted by atomic mass is 16.1. The molecule has 0 atom stereocenters. The van der Waals surface area contributed by atoms with Crippen molar-refractivity contribution in [2.75, 3.05) is 18.0 Å². The molecule has 2 aromatic rings. The number of H-pyrrole nitrogens is 1. The molecule has 21 heavy (non-hydrogen) atoms. The monoisotopic (exact) mass is 281 g/mol. The van der Waals surface area contributed by atoms with Crippen molar-refractivity contribution < 1.29 is 0 Å². The largest absolute Gasteiger partial charge is 0.372 e. The molecule has 4 heteroatoms. The molecule has 1 N–H and O–H groups in total. The van der Waals surface area contributed by atoms with E-state index in [1.54, 1.807) is 0 Å². The van der Waals surface area contributed by atoms with Crippen LogP contribution in [0.1, 0.15) is 25.1 Å². The third kappa shape index (κ3) is 2.97. The maximum Gasteiger partial charge on any atom is 0.266 e. The van der Waals surface area contributed by atoms with Crippen molar-refractivity contribution >= 4 is 5.69 Å². The second kappa shape index (κ2) is 6.27. The zero-order valence-electron chi connectivity index (χ0n) is 12.6. The van der Waals surface area contributed by atoms with E-state index in [0.29, 0.717) is 5.56 Å². The van der Waals surface area contributed by atoms with Gasteiger partial charge in [-0.05, 0) is 44.5 Å². The summed E-state index contributed by atoms with van der Waals surface area (Å²) in [4.78, 5) is 16.8. The molecule has 1 heterocycles. The molecular weight excluding hydrogens is 262 g/mol. The molecule has 2 rings (SSSR count). The molecule has 0 spiro atoms. The van der Waals surface area contributed by atoms with Crippen LogP contribution in [0.4, 0.5) is 5.69 Å². The van der Waals surface area contributed by atoms with Crippen LogP contribution < -0.4 is 10.5 Å². The highest BCUT2D eigenvalue weighted by Crippen LogP contribution is 2.25. The van der Waals surface area contributed by atoms with Gasteiger partial charge in [-0.2, -0.15) is 5.26 Å². The average Bonchev–Trinajstić information content (AvgIpc) is 2.48. The van der Waals surface area contributed by atoms with Crippen molar-refractivity contribution in [3.05, 3.63) is 51.9 Å². The van der Waals surface area contributed by atoms with Crippen LogP contribution in [0.25, 0.3) is 11.1 Å². The summed E-state index contributed by atoms with van der Waals surface area (Å²) < 4.78 is 0. The van der Waals surface area contributed by atoms with Gasteiger partial charge >= 0.3 is 0 Å². The van der Waals surface area contributed by atoms with E-state index in [2.05, 4.69) is 23.7 Å². The molecule has 1 aromatic heterocycles. The minimum Gasteiger partial charge on any atom is -0.372 e. The van der Waals surface area contributed by atoms with Crippen LogP contribution in [-0.2, 0) is 0 Å². The van der Waals surface area contributed by atoms with Crippen molar-refractivity contribution in [3.63, 3.8) is 0 Å². The van der Waals surface area contributed by atoms with Gasteiger partial charge in [-0.1, -0.05) is 12.1 Å². The summed E-state index contributed by atoms with van der Waals surface area (Å²) in [7, 11) is 0. The first-order valence-corrected chi connectivity index (χ1v) is 7.10. The summed E-state index contributed by atoms with van der Waals surface area (Å²) in [5.74, 6) is 0. The fourth-order valence-corrected chi connectivity index (χ4v) is 2.47. The fourth-order valence-electron chi connectivity index (χ4n) is 2.47. The Labute approximate surface area is 124 Å². The average molecular weight is 281 g/mol. The number of anilines is 1. The Bertz CT molecular complexity index is 719. The van der Waals surface area contributed by atoms with E-state index in [1.807, 2.05) is 43.3 Å². The number of nitrogens with one attached hydrogen (secondary N) is 1. The van der Waals surface area contributed by atoms with Gasteiger partial charge in [0, 0.05) is 30.0 Å². The van der Waals surface area contributed by atoms with Gasteiger partial charge in [0.15, 0.2) is 0 Å². The lowest BCUT2D eigenvalue weighted by Crippen LogP contribution is -2.21. The molecule has 0 saturated heterocycles. The standard InChI is InChI=1S/C17H19N3O/c1-4-20(5-2)14-8-6-13(7-9-14)15-10-12(3)19-17(21)16(15)11-18/h6-10H,4-5H2,1-3H3,(H,19,21). The lowest BCUT2D eigenvalue weighted by Gasteiger charge is -2.21. The SMILES string of the molecule is CCN(CC)c1ccc(-c2cc(C)[nH]c(=O)c2C#N)cc1. The molecule has 0 fully saturated rings. The van der Waals surface area contributed by atoms with E-state index in [1.165, 1.54) is 0 Å². The van der Waals surface area contributed by atoms with Gasteiger partial charge in [-0.15, -0.1) is 0 Å². The number of hydrogen-bond donors (Lipinski definition) is 1. The maximum atomic E-state index is 11.8. The number of hydrogen-bond acceptors (Lipinski definition) is 3. The van der Waals surface area contributed by atoms with Crippen LogP contribution in [0.3, 0.4) is 0 Å². The molecular formula is C17H19N3O. The first-order valence-electron chi connectivity index (χ1n) is 7.10. The molecule has 108 valence electrons. The molecule has 0 aliphatic carbocycles. The number of pyridine rings is 1. The van der Waals surface area contributed by atoms with E-state index in [4.69, 9.17) is 0 Å². The van der Waals surface area contributed by atoms with E-state index in [0.717, 1.165) is 30.0 Å². The quantitative estimate of drug-likeness (QED) is 0.937. The number of benzene rings is 1. The Morgan fingerprint density at radius 3 is 2.33 bits per heavy atom. The first kappa shape index (κ1) is 14.9. The summed E-state index contributed by atoms with van der Waals surface area (Å²) in [6, 6.07) is 11.8. The highest BCUT2D eigenvalue weighted by molar-refractivity contribution is 5.72. The van der Waals surface area contributed by atoms with E-state index >= 15 is 0 Å². The molecule has 0 unspecified atom stereocenters. The lowest BCUT2D eigenvalue weighted by atomic mass is 10.0. The minimum absolute atomic E-state index is 0.163. The number of aryl methyl sites for hydroxylation is 1. The Morgan fingerprint density at radius 2 is 1.81 bits per heavy atom. The summed E-state index contributed by atoms with van der Waals surface area (Å²) in [5, 5.41) is 9.19. The van der Waals surface area contributed by atoms with E-state index in [9.17, 15) is 10.1 Å². The summed E-state index contributed by atoms with van der Waals surface area (Å²) in [6.07, 6.45) is 0. The van der Waals surface area contributed by atoms with Crippen LogP contribution in [0.2, 0.25) is 0 Å². The molecule has 0 amide bonds. The van der Waals surface area contributed by atoms with Crippen molar-refractivity contribution in [2.24, 2.45) is 0 Å². The molecule has 0 bridgehead atoms. The lowest BCUT2D eigenvalue weighted by molar-refractivity contribution is 0.866. The topological polar surface area (TPSA) is 59.9 Å². The molecule has 0 aliphatic rings. The van der Waals surface area contributed by atoms with Gasteiger partial charge in [-0.3, -0.25) is 4.79 Å². The molecule has 0 saturated carbocycles. The minimum atomic E-state index is -0.333. The van der Waals surface area contributed by atoms with Crippen molar-refractivity contribution in [2.45, 2.75) is 20.8 Å². The molecule has 4 nitrogen and oxygen atoms in total.